The second-order valence-electron chi connectivity index (χ2n) is 5.46. The number of nitrogens with zero attached hydrogens (tertiary/aromatic N) is 1. The summed E-state index contributed by atoms with van der Waals surface area (Å²) in [5.74, 6) is -0.0787. The van der Waals surface area contributed by atoms with E-state index in [1.165, 1.54) is 13.2 Å². The van der Waals surface area contributed by atoms with Gasteiger partial charge in [-0.15, -0.1) is 0 Å². The van der Waals surface area contributed by atoms with E-state index in [0.717, 1.165) is 25.9 Å². The van der Waals surface area contributed by atoms with E-state index >= 15 is 0 Å². The Kier molecular flexibility index (Phi) is 5.21. The lowest BCUT2D eigenvalue weighted by molar-refractivity contribution is 0.1000. The number of rotatable bonds is 4. The van der Waals surface area contributed by atoms with Crippen molar-refractivity contribution in [2.24, 2.45) is 5.73 Å². The first kappa shape index (κ1) is 16.1. The number of carbonyl (C=O) groups excluding carboxylic acids is 2. The van der Waals surface area contributed by atoms with Gasteiger partial charge in [-0.3, -0.25) is 4.79 Å². The molecule has 0 aromatic heterocycles. The summed E-state index contributed by atoms with van der Waals surface area (Å²) in [6.45, 7) is 1.93. The minimum atomic E-state index is -0.554. The van der Waals surface area contributed by atoms with Gasteiger partial charge in [-0.05, 0) is 51.2 Å². The Hall–Kier alpha value is -2.28. The number of benzene rings is 1. The van der Waals surface area contributed by atoms with E-state index in [2.05, 4.69) is 22.6 Å². The number of methoxy groups -OCH3 is 1. The maximum absolute atomic E-state index is 12.1. The zero-order chi connectivity index (χ0) is 16.1. The highest BCUT2D eigenvalue weighted by Crippen LogP contribution is 2.25. The fourth-order valence-corrected chi connectivity index (χ4v) is 2.46. The summed E-state index contributed by atoms with van der Waals surface area (Å²) in [4.78, 5) is 25.6. The van der Waals surface area contributed by atoms with Crippen molar-refractivity contribution < 1.29 is 14.3 Å². The smallest absolute Gasteiger partial charge is 0.319 e. The zero-order valence-electron chi connectivity index (χ0n) is 12.9. The summed E-state index contributed by atoms with van der Waals surface area (Å²) in [6, 6.07) is 4.51. The number of carbonyl (C=O) groups is 2. The molecule has 1 aliphatic rings. The minimum absolute atomic E-state index is 0.154. The molecule has 22 heavy (non-hydrogen) atoms. The lowest BCUT2D eigenvalue weighted by Crippen LogP contribution is -2.44. The SMILES string of the molecule is COc1ccc(C(N)=O)cc1NC(=O)NC1CCN(C)CC1. The molecule has 1 heterocycles. The van der Waals surface area contributed by atoms with Crippen LogP contribution in [-0.4, -0.2) is 50.1 Å². The lowest BCUT2D eigenvalue weighted by Gasteiger charge is -2.29. The fraction of sp³-hybridized carbons (Fsp3) is 0.467. The molecule has 1 saturated heterocycles. The summed E-state index contributed by atoms with van der Waals surface area (Å²) < 4.78 is 5.18. The number of anilines is 1. The number of ether oxygens (including phenoxy) is 1. The van der Waals surface area contributed by atoms with E-state index in [0.29, 0.717) is 17.0 Å². The highest BCUT2D eigenvalue weighted by atomic mass is 16.5. The van der Waals surface area contributed by atoms with Crippen LogP contribution in [0.15, 0.2) is 18.2 Å². The Labute approximate surface area is 129 Å². The van der Waals surface area contributed by atoms with Gasteiger partial charge in [0.25, 0.3) is 0 Å². The third-order valence-electron chi connectivity index (χ3n) is 3.79. The van der Waals surface area contributed by atoms with Gasteiger partial charge in [-0.2, -0.15) is 0 Å². The molecule has 0 saturated carbocycles. The Morgan fingerprint density at radius 1 is 1.32 bits per heavy atom. The molecule has 0 radical (unpaired) electrons. The average molecular weight is 306 g/mol. The highest BCUT2D eigenvalue weighted by molar-refractivity contribution is 5.97. The first-order valence-electron chi connectivity index (χ1n) is 7.23. The summed E-state index contributed by atoms with van der Waals surface area (Å²) in [6.07, 6.45) is 1.84. The van der Waals surface area contributed by atoms with Crippen molar-refractivity contribution in [3.05, 3.63) is 23.8 Å². The number of primary amides is 1. The second kappa shape index (κ2) is 7.13. The number of amides is 3. The Bertz CT molecular complexity index is 554. The van der Waals surface area contributed by atoms with Crippen molar-refractivity contribution in [1.29, 1.82) is 0 Å². The van der Waals surface area contributed by atoms with Gasteiger partial charge >= 0.3 is 6.03 Å². The zero-order valence-corrected chi connectivity index (χ0v) is 12.9. The quantitative estimate of drug-likeness (QED) is 0.773. The highest BCUT2D eigenvalue weighted by Gasteiger charge is 2.19. The molecular weight excluding hydrogens is 284 g/mol. The minimum Gasteiger partial charge on any atom is -0.495 e. The Morgan fingerprint density at radius 2 is 2.00 bits per heavy atom. The van der Waals surface area contributed by atoms with Crippen molar-refractivity contribution >= 4 is 17.6 Å². The predicted molar refractivity (Wildman–Crippen MR) is 84.2 cm³/mol. The second-order valence-corrected chi connectivity index (χ2v) is 5.46. The van der Waals surface area contributed by atoms with Gasteiger partial charge in [0.05, 0.1) is 12.8 Å². The van der Waals surface area contributed by atoms with Crippen LogP contribution >= 0.6 is 0 Å². The summed E-state index contributed by atoms with van der Waals surface area (Å²) in [7, 11) is 3.57. The molecule has 1 aromatic carbocycles. The number of likely N-dealkylation sites (tertiary alicyclic amines) is 1. The third kappa shape index (κ3) is 4.11. The largest absolute Gasteiger partial charge is 0.495 e. The average Bonchev–Trinajstić information content (AvgIpc) is 2.49. The van der Waals surface area contributed by atoms with E-state index in [4.69, 9.17) is 10.5 Å². The van der Waals surface area contributed by atoms with Crippen LogP contribution in [0, 0.1) is 0 Å². The number of nitrogens with two attached hydrogens (primary N) is 1. The van der Waals surface area contributed by atoms with Crippen LogP contribution in [0.3, 0.4) is 0 Å². The van der Waals surface area contributed by atoms with Crippen molar-refractivity contribution in [1.82, 2.24) is 10.2 Å². The fourth-order valence-electron chi connectivity index (χ4n) is 2.46. The molecule has 3 amide bonds. The maximum Gasteiger partial charge on any atom is 0.319 e. The van der Waals surface area contributed by atoms with Gasteiger partial charge < -0.3 is 26.0 Å². The molecule has 120 valence electrons. The van der Waals surface area contributed by atoms with E-state index in [1.54, 1.807) is 12.1 Å². The van der Waals surface area contributed by atoms with Gasteiger partial charge in [0.1, 0.15) is 5.75 Å². The van der Waals surface area contributed by atoms with Crippen molar-refractivity contribution in [3.8, 4) is 5.75 Å². The van der Waals surface area contributed by atoms with Gasteiger partial charge in [0, 0.05) is 11.6 Å². The summed E-state index contributed by atoms with van der Waals surface area (Å²) >= 11 is 0. The number of piperidine rings is 1. The van der Waals surface area contributed by atoms with E-state index in [9.17, 15) is 9.59 Å². The molecular formula is C15H22N4O3. The van der Waals surface area contributed by atoms with Crippen LogP contribution in [0.5, 0.6) is 5.75 Å². The summed E-state index contributed by atoms with van der Waals surface area (Å²) in [5, 5.41) is 5.66. The van der Waals surface area contributed by atoms with Crippen LogP contribution < -0.4 is 21.1 Å². The number of nitrogens with one attached hydrogen (secondary N) is 2. The van der Waals surface area contributed by atoms with Crippen molar-refractivity contribution in [2.45, 2.75) is 18.9 Å². The van der Waals surface area contributed by atoms with Gasteiger partial charge in [0.2, 0.25) is 5.91 Å². The normalized spacial score (nSPS) is 16.1. The predicted octanol–water partition coefficient (Wildman–Crippen LogP) is 1.01. The van der Waals surface area contributed by atoms with Gasteiger partial charge in [-0.25, -0.2) is 4.79 Å². The van der Waals surface area contributed by atoms with Crippen molar-refractivity contribution in [2.75, 3.05) is 32.6 Å². The number of hydrogen-bond acceptors (Lipinski definition) is 4. The maximum atomic E-state index is 12.1. The molecule has 1 aromatic rings. The molecule has 4 N–H and O–H groups in total. The van der Waals surface area contributed by atoms with E-state index in [1.807, 2.05) is 0 Å². The van der Waals surface area contributed by atoms with Crippen LogP contribution in [0.4, 0.5) is 10.5 Å². The molecule has 1 fully saturated rings. The van der Waals surface area contributed by atoms with Crippen LogP contribution in [0.1, 0.15) is 23.2 Å². The molecule has 7 nitrogen and oxygen atoms in total. The monoisotopic (exact) mass is 306 g/mol. The molecule has 7 heteroatoms. The van der Waals surface area contributed by atoms with Crippen LogP contribution in [-0.2, 0) is 0 Å². The Balaban J connectivity index is 2.01. The van der Waals surface area contributed by atoms with Crippen LogP contribution in [0.25, 0.3) is 0 Å². The third-order valence-corrected chi connectivity index (χ3v) is 3.79. The van der Waals surface area contributed by atoms with Gasteiger partial charge in [0.15, 0.2) is 0 Å². The summed E-state index contributed by atoms with van der Waals surface area (Å²) in [5.41, 5.74) is 5.99. The standard InChI is InChI=1S/C15H22N4O3/c1-19-7-5-11(6-8-19)17-15(21)18-12-9-10(14(16)20)3-4-13(12)22-2/h3-4,9,11H,5-8H2,1-2H3,(H2,16,20)(H2,17,18,21). The molecule has 0 unspecified atom stereocenters. The van der Waals surface area contributed by atoms with E-state index in [-0.39, 0.29) is 12.1 Å². The molecule has 0 spiro atoms. The van der Waals surface area contributed by atoms with Crippen LogP contribution in [0.2, 0.25) is 0 Å². The topological polar surface area (TPSA) is 96.7 Å². The number of urea groups is 1. The molecule has 0 atom stereocenters. The molecule has 2 rings (SSSR count). The van der Waals surface area contributed by atoms with Crippen molar-refractivity contribution in [3.63, 3.8) is 0 Å². The first-order chi connectivity index (χ1) is 10.5. The first-order valence-corrected chi connectivity index (χ1v) is 7.23. The molecule has 1 aliphatic heterocycles. The van der Waals surface area contributed by atoms with Gasteiger partial charge in [-0.1, -0.05) is 0 Å². The lowest BCUT2D eigenvalue weighted by atomic mass is 10.1. The van der Waals surface area contributed by atoms with E-state index < -0.39 is 5.91 Å². The molecule has 0 bridgehead atoms. The Morgan fingerprint density at radius 3 is 2.59 bits per heavy atom. The molecule has 0 aliphatic carbocycles. The number of hydrogen-bond donors (Lipinski definition) is 3.